The zero-order chi connectivity index (χ0) is 67.5. The van der Waals surface area contributed by atoms with Crippen LogP contribution in [0.5, 0.6) is 0 Å². The number of nitrogens with zero attached hydrogens (tertiary/aromatic N) is 3. The summed E-state index contributed by atoms with van der Waals surface area (Å²) < 4.78 is 0. The molecule has 0 radical (unpaired) electrons. The molecule has 81 heavy (non-hydrogen) atoms. The van der Waals surface area contributed by atoms with Crippen molar-refractivity contribution in [2.24, 2.45) is 17.3 Å². The molecule has 0 bridgehead atoms. The minimum atomic E-state index is 0. The second-order valence-corrected chi connectivity index (χ2v) is 10.4. The van der Waals surface area contributed by atoms with Gasteiger partial charge in [0.05, 0.1) is 0 Å². The molecule has 3 saturated carbocycles. The van der Waals surface area contributed by atoms with Gasteiger partial charge in [-0.2, -0.15) is 0 Å². The van der Waals surface area contributed by atoms with Crippen LogP contribution in [0, 0.1) is 17.3 Å². The van der Waals surface area contributed by atoms with Crippen LogP contribution in [0.1, 0.15) is 412 Å². The molecule has 2 atom stereocenters. The molecule has 3 nitrogen and oxygen atoms in total. The fourth-order valence-corrected chi connectivity index (χ4v) is 3.22. The third-order valence-corrected chi connectivity index (χ3v) is 6.43. The lowest BCUT2D eigenvalue weighted by Crippen LogP contribution is -2.14. The van der Waals surface area contributed by atoms with E-state index in [1.165, 1.54) is 64.2 Å². The molecule has 2 aromatic heterocycles. The van der Waals surface area contributed by atoms with Crippen molar-refractivity contribution < 1.29 is 0 Å². The third-order valence-electron chi connectivity index (χ3n) is 6.43. The van der Waals surface area contributed by atoms with Crippen LogP contribution in [0.2, 0.25) is 0 Å². The number of rotatable bonds is 0. The van der Waals surface area contributed by atoms with Crippen molar-refractivity contribution in [1.29, 1.82) is 0 Å². The van der Waals surface area contributed by atoms with Crippen LogP contribution in [0.15, 0.2) is 91.8 Å². The number of aromatic nitrogens is 3. The molecule has 3 heteroatoms. The van der Waals surface area contributed by atoms with E-state index in [1.807, 2.05) is 345 Å². The zero-order valence-electron chi connectivity index (χ0n) is 64.7. The summed E-state index contributed by atoms with van der Waals surface area (Å²) in [6, 6.07) is 17.7. The van der Waals surface area contributed by atoms with Gasteiger partial charge in [-0.05, 0) is 48.6 Å². The highest BCUT2D eigenvalue weighted by molar-refractivity contribution is 4.99. The molecule has 3 aliphatic carbocycles. The molecule has 518 valence electrons. The minimum absolute atomic E-state index is 0. The molecule has 6 rings (SSSR count). The highest BCUT2D eigenvalue weighted by atomic mass is 14.7. The van der Waals surface area contributed by atoms with Crippen LogP contribution in [-0.4, -0.2) is 15.0 Å². The van der Waals surface area contributed by atoms with E-state index < -0.39 is 0 Å². The molecule has 2 unspecified atom stereocenters. The zero-order valence-corrected chi connectivity index (χ0v) is 64.7. The molecule has 2 heterocycles. The fraction of sp³-hybridized carbons (Fsp3) is 0.808. The third kappa shape index (κ3) is 351. The molecular formula is C78H191N3. The van der Waals surface area contributed by atoms with Gasteiger partial charge in [0.25, 0.3) is 0 Å². The highest BCUT2D eigenvalue weighted by Crippen LogP contribution is 2.36. The average molecular weight is 1170 g/mol. The van der Waals surface area contributed by atoms with Crippen LogP contribution in [0.4, 0.5) is 0 Å². The summed E-state index contributed by atoms with van der Waals surface area (Å²) >= 11 is 0. The van der Waals surface area contributed by atoms with Gasteiger partial charge in [0.15, 0.2) is 0 Å². The lowest BCUT2D eigenvalue weighted by atomic mass is 9.78. The van der Waals surface area contributed by atoms with Crippen molar-refractivity contribution in [2.75, 3.05) is 0 Å². The van der Waals surface area contributed by atoms with Gasteiger partial charge >= 0.3 is 0 Å². The lowest BCUT2D eigenvalue weighted by Gasteiger charge is -2.28. The Labute approximate surface area is 533 Å². The quantitative estimate of drug-likeness (QED) is 0.225. The van der Waals surface area contributed by atoms with Crippen molar-refractivity contribution in [1.82, 2.24) is 15.0 Å². The Morgan fingerprint density at radius 1 is 0.222 bits per heavy atom. The molecule has 3 fully saturated rings. The summed E-state index contributed by atoms with van der Waals surface area (Å²) in [7, 11) is 0. The maximum absolute atomic E-state index is 3.78. The molecule has 3 aromatic rings. The Morgan fingerprint density at radius 3 is 0.407 bits per heavy atom. The number of pyridine rings is 1. The Morgan fingerprint density at radius 2 is 0.346 bits per heavy atom. The summed E-state index contributed by atoms with van der Waals surface area (Å²) in [6.07, 6.45) is 24.8. The van der Waals surface area contributed by atoms with Gasteiger partial charge in [-0.25, -0.2) is 0 Å². The van der Waals surface area contributed by atoms with E-state index in [1.54, 1.807) is 37.2 Å². The van der Waals surface area contributed by atoms with Gasteiger partial charge in [-0.3, -0.25) is 15.0 Å². The van der Waals surface area contributed by atoms with E-state index in [0.717, 1.165) is 11.8 Å². The molecule has 1 aromatic carbocycles. The first-order valence-electron chi connectivity index (χ1n) is 34.6. The Kier molecular flexibility index (Phi) is 656. The molecule has 0 aliphatic heterocycles. The molecule has 0 N–H and O–H groups in total. The van der Waals surface area contributed by atoms with Gasteiger partial charge in [0.2, 0.25) is 0 Å². The van der Waals surface area contributed by atoms with Crippen molar-refractivity contribution in [3.63, 3.8) is 0 Å². The number of hydrogen-bond acceptors (Lipinski definition) is 3. The maximum atomic E-state index is 3.78. The van der Waals surface area contributed by atoms with Crippen LogP contribution < -0.4 is 0 Å². The van der Waals surface area contributed by atoms with E-state index in [9.17, 15) is 0 Å². The molecule has 0 spiro atoms. The largest absolute Gasteiger partial charge is 0.265 e. The highest BCUT2D eigenvalue weighted by Gasteiger charge is 2.26. The van der Waals surface area contributed by atoms with E-state index >= 15 is 0 Å². The Hall–Kier alpha value is -2.55. The summed E-state index contributed by atoms with van der Waals surface area (Å²) in [5, 5.41) is 0. The Bertz CT molecular complexity index is 604. The van der Waals surface area contributed by atoms with E-state index in [0.29, 0.717) is 5.41 Å². The van der Waals surface area contributed by atoms with E-state index in [2.05, 4.69) is 42.6 Å². The monoisotopic (exact) mass is 1170 g/mol. The van der Waals surface area contributed by atoms with Crippen LogP contribution in [-0.2, 0) is 0 Å². The topological polar surface area (TPSA) is 38.7 Å². The van der Waals surface area contributed by atoms with Crippen molar-refractivity contribution in [3.8, 4) is 0 Å². The summed E-state index contributed by atoms with van der Waals surface area (Å²) in [5.41, 5.74) is 0.679. The SMILES string of the molecule is C.C.C.C.C1CCC1.CC.CC.CC.CC.CC.CC.CC.CC.CC.CC.CC.CC.CC.CC.CC.CC.CC.CC.CC.CC.CC.CC1(C)CCCCC1.CC1CC1C.c1ccccc1.c1ccncc1.c1cnccn1. The van der Waals surface area contributed by atoms with E-state index in [4.69, 9.17) is 0 Å². The molecule has 3 aliphatic rings. The second-order valence-electron chi connectivity index (χ2n) is 10.4. The first-order valence-corrected chi connectivity index (χ1v) is 34.6. The van der Waals surface area contributed by atoms with E-state index in [-0.39, 0.29) is 29.7 Å². The lowest BCUT2D eigenvalue weighted by molar-refractivity contribution is 0.244. The maximum Gasteiger partial charge on any atom is 0.0451 e. The van der Waals surface area contributed by atoms with Crippen LogP contribution >= 0.6 is 0 Å². The molecule has 0 saturated heterocycles. The van der Waals surface area contributed by atoms with Gasteiger partial charge < -0.3 is 0 Å². The first-order chi connectivity index (χ1) is 38.0. The smallest absolute Gasteiger partial charge is 0.0451 e. The van der Waals surface area contributed by atoms with Crippen LogP contribution in [0.25, 0.3) is 0 Å². The van der Waals surface area contributed by atoms with Gasteiger partial charge in [0.1, 0.15) is 0 Å². The number of hydrogen-bond donors (Lipinski definition) is 0. The first kappa shape index (κ1) is 165. The predicted molar refractivity (Wildman–Crippen MR) is 416 cm³/mol. The summed E-state index contributed by atoms with van der Waals surface area (Å²) in [6.45, 7) is 93.4. The standard InChI is InChI=1S/C8H16.C6H6.C5H5N.C5H10.C4H4N2.C4H8.21C2H6.4CH4/c1-8(2)6-4-3-5-7-8;2*1-2-4-6-5-3-1;1-4-3-5(4)2;1-2-6-4-3-5-1;1-2-4-3-1;21*1-2;;;;/h3-7H2,1-2H3;1-6H;1-5H;4-5H,3H2,1-2H3;1-4H;1-4H2;21*1-2H3;4*1H4. The summed E-state index contributed by atoms with van der Waals surface area (Å²) in [4.78, 5) is 11.2. The predicted octanol–water partition coefficient (Wildman–Crippen LogP) is 33.5. The van der Waals surface area contributed by atoms with Crippen molar-refractivity contribution in [2.45, 2.75) is 412 Å². The minimum Gasteiger partial charge on any atom is -0.265 e. The Balaban J connectivity index is -0.0000000179. The van der Waals surface area contributed by atoms with Gasteiger partial charge in [-0.1, -0.05) is 436 Å². The van der Waals surface area contributed by atoms with Gasteiger partial charge in [-0.15, -0.1) is 0 Å². The van der Waals surface area contributed by atoms with Crippen molar-refractivity contribution in [3.05, 3.63) is 91.8 Å². The van der Waals surface area contributed by atoms with Gasteiger partial charge in [0, 0.05) is 37.2 Å². The average Bonchev–Trinajstić information content (AvgIpc) is 4.26. The fourth-order valence-electron chi connectivity index (χ4n) is 3.22. The van der Waals surface area contributed by atoms with Crippen molar-refractivity contribution >= 4 is 0 Å². The normalized spacial score (nSPS) is 10.3. The van der Waals surface area contributed by atoms with Crippen LogP contribution in [0.3, 0.4) is 0 Å². The number of benzene rings is 1. The second kappa shape index (κ2) is 323. The molecular weight excluding hydrogens is 979 g/mol. The summed E-state index contributed by atoms with van der Waals surface area (Å²) in [5.74, 6) is 2.10. The molecule has 0 amide bonds.